The number of quaternary nitrogens is 1. The number of nitrogens with one attached hydrogen (secondary N) is 1. The molecule has 1 N–H and O–H groups in total. The molecule has 3 aromatic rings. The molecule has 0 bridgehead atoms. The Morgan fingerprint density at radius 1 is 0.724 bits per heavy atom. The highest BCUT2D eigenvalue weighted by molar-refractivity contribution is 5.87. The Balaban J connectivity index is 2.10. The molecule has 3 aromatic carbocycles. The third-order valence-corrected chi connectivity index (χ3v) is 5.13. The van der Waals surface area contributed by atoms with E-state index >= 15 is 0 Å². The Kier molecular flexibility index (Phi) is 6.68. The van der Waals surface area contributed by atoms with Gasteiger partial charge in [0.1, 0.15) is 17.5 Å². The maximum Gasteiger partial charge on any atom is 0.345 e. The van der Waals surface area contributed by atoms with Crippen LogP contribution in [0.2, 0.25) is 0 Å². The normalized spacial score (nSPS) is 12.1. The third-order valence-electron chi connectivity index (χ3n) is 5.13. The van der Waals surface area contributed by atoms with Gasteiger partial charge >= 0.3 is 5.91 Å². The highest BCUT2D eigenvalue weighted by Crippen LogP contribution is 2.24. The molecule has 0 aliphatic rings. The summed E-state index contributed by atoms with van der Waals surface area (Å²) in [5.74, 6) is 1.67. The summed E-state index contributed by atoms with van der Waals surface area (Å²) in [5, 5.41) is 0. The minimum atomic E-state index is -0.153. The molecule has 4 heteroatoms. The number of methoxy groups -OCH3 is 2. The average molecular weight is 391 g/mol. The first kappa shape index (κ1) is 20.6. The highest BCUT2D eigenvalue weighted by Gasteiger charge is 2.35. The van der Waals surface area contributed by atoms with E-state index in [1.165, 1.54) is 0 Å². The van der Waals surface area contributed by atoms with E-state index in [-0.39, 0.29) is 18.0 Å². The summed E-state index contributed by atoms with van der Waals surface area (Å²) in [6.45, 7) is 4.16. The van der Waals surface area contributed by atoms with Crippen LogP contribution < -0.4 is 14.4 Å². The summed E-state index contributed by atoms with van der Waals surface area (Å²) in [6, 6.07) is 25.3. The lowest BCUT2D eigenvalue weighted by Crippen LogP contribution is -3.17. The van der Waals surface area contributed by atoms with E-state index in [0.29, 0.717) is 5.56 Å². The van der Waals surface area contributed by atoms with Crippen molar-refractivity contribution in [3.05, 3.63) is 95.6 Å². The predicted octanol–water partition coefficient (Wildman–Crippen LogP) is 3.93. The first-order valence-corrected chi connectivity index (χ1v) is 9.79. The molecule has 0 saturated heterocycles. The van der Waals surface area contributed by atoms with Crippen molar-refractivity contribution in [2.24, 2.45) is 0 Å². The van der Waals surface area contributed by atoms with Crippen LogP contribution in [0.15, 0.2) is 78.9 Å². The fourth-order valence-corrected chi connectivity index (χ4v) is 3.63. The van der Waals surface area contributed by atoms with E-state index in [0.717, 1.165) is 27.5 Å². The Hall–Kier alpha value is -3.11. The standard InChI is InChI=1S/C25H27NO3/c1-18(2)26(25(27)21-8-6-5-7-9-21)24(19-10-14-22(28-3)15-11-19)20-12-16-23(29-4)17-13-20/h5-18,24H,1-4H3/p+1. The molecule has 1 atom stereocenters. The molecular weight excluding hydrogens is 362 g/mol. The van der Waals surface area contributed by atoms with E-state index in [4.69, 9.17) is 9.47 Å². The van der Waals surface area contributed by atoms with Gasteiger partial charge in [0.15, 0.2) is 0 Å². The Bertz CT molecular complexity index is 871. The molecule has 3 rings (SSSR count). The fourth-order valence-electron chi connectivity index (χ4n) is 3.63. The quantitative estimate of drug-likeness (QED) is 0.665. The molecule has 4 nitrogen and oxygen atoms in total. The average Bonchev–Trinajstić information content (AvgIpc) is 2.77. The van der Waals surface area contributed by atoms with E-state index in [1.54, 1.807) is 14.2 Å². The second kappa shape index (κ2) is 9.39. The van der Waals surface area contributed by atoms with Gasteiger partial charge < -0.3 is 9.47 Å². The summed E-state index contributed by atoms with van der Waals surface area (Å²) in [4.78, 5) is 14.4. The van der Waals surface area contributed by atoms with Crippen LogP contribution in [0, 0.1) is 0 Å². The lowest BCUT2D eigenvalue weighted by molar-refractivity contribution is -0.864. The molecule has 0 aliphatic heterocycles. The van der Waals surface area contributed by atoms with Gasteiger partial charge in [-0.05, 0) is 74.5 Å². The van der Waals surface area contributed by atoms with E-state index in [1.807, 2.05) is 78.9 Å². The zero-order valence-electron chi connectivity index (χ0n) is 17.4. The number of ether oxygens (including phenoxy) is 2. The minimum absolute atomic E-state index is 0.0805. The van der Waals surface area contributed by atoms with Crippen LogP contribution in [0.1, 0.15) is 41.4 Å². The molecule has 0 spiro atoms. The molecule has 1 unspecified atom stereocenters. The summed E-state index contributed by atoms with van der Waals surface area (Å²) < 4.78 is 10.6. The van der Waals surface area contributed by atoms with Gasteiger partial charge in [-0.2, -0.15) is 0 Å². The maximum absolute atomic E-state index is 13.5. The number of hydrogen-bond donors (Lipinski definition) is 1. The van der Waals surface area contributed by atoms with Crippen LogP contribution >= 0.6 is 0 Å². The van der Waals surface area contributed by atoms with E-state index in [9.17, 15) is 4.79 Å². The summed E-state index contributed by atoms with van der Waals surface area (Å²) >= 11 is 0. The van der Waals surface area contributed by atoms with Crippen molar-refractivity contribution in [1.82, 2.24) is 0 Å². The van der Waals surface area contributed by atoms with Crippen LogP contribution in [0.3, 0.4) is 0 Å². The summed E-state index contributed by atoms with van der Waals surface area (Å²) in [6.07, 6.45) is 0. The van der Waals surface area contributed by atoms with Crippen molar-refractivity contribution in [2.75, 3.05) is 14.2 Å². The van der Waals surface area contributed by atoms with Gasteiger partial charge in [-0.3, -0.25) is 4.90 Å². The monoisotopic (exact) mass is 390 g/mol. The smallest absolute Gasteiger partial charge is 0.345 e. The number of carbonyl (C=O) groups is 1. The Morgan fingerprint density at radius 3 is 1.55 bits per heavy atom. The molecule has 29 heavy (non-hydrogen) atoms. The predicted molar refractivity (Wildman–Crippen MR) is 115 cm³/mol. The van der Waals surface area contributed by atoms with Crippen LogP contribution in [-0.4, -0.2) is 26.2 Å². The molecule has 0 aliphatic carbocycles. The Labute approximate surface area is 172 Å². The van der Waals surface area contributed by atoms with Crippen molar-refractivity contribution in [1.29, 1.82) is 0 Å². The molecule has 0 fully saturated rings. The molecule has 0 heterocycles. The van der Waals surface area contributed by atoms with Crippen molar-refractivity contribution in [3.8, 4) is 11.5 Å². The molecule has 150 valence electrons. The first-order valence-electron chi connectivity index (χ1n) is 9.79. The highest BCUT2D eigenvalue weighted by atomic mass is 16.5. The van der Waals surface area contributed by atoms with Gasteiger partial charge in [-0.15, -0.1) is 0 Å². The molecule has 0 radical (unpaired) electrons. The number of hydrogen-bond acceptors (Lipinski definition) is 3. The van der Waals surface area contributed by atoms with Crippen molar-refractivity contribution >= 4 is 5.91 Å². The second-order valence-electron chi connectivity index (χ2n) is 7.28. The van der Waals surface area contributed by atoms with Gasteiger partial charge in [-0.25, -0.2) is 4.79 Å². The third kappa shape index (κ3) is 4.66. The van der Waals surface area contributed by atoms with Gasteiger partial charge in [0.2, 0.25) is 0 Å². The SMILES string of the molecule is COc1ccc(C(c2ccc(OC)cc2)[NH+](C(=O)c2ccccc2)C(C)C)cc1. The van der Waals surface area contributed by atoms with Crippen molar-refractivity contribution in [3.63, 3.8) is 0 Å². The zero-order chi connectivity index (χ0) is 20.8. The fraction of sp³-hybridized carbons (Fsp3) is 0.240. The number of rotatable bonds is 7. The molecule has 1 amide bonds. The molecular formula is C25H28NO3+. The van der Waals surface area contributed by atoms with E-state index in [2.05, 4.69) is 13.8 Å². The van der Waals surface area contributed by atoms with Crippen LogP contribution in [-0.2, 0) is 0 Å². The van der Waals surface area contributed by atoms with E-state index < -0.39 is 0 Å². The van der Waals surface area contributed by atoms with Crippen LogP contribution in [0.25, 0.3) is 0 Å². The summed E-state index contributed by atoms with van der Waals surface area (Å²) in [7, 11) is 3.31. The first-order chi connectivity index (χ1) is 14.0. The second-order valence-corrected chi connectivity index (χ2v) is 7.28. The van der Waals surface area contributed by atoms with Crippen LogP contribution in [0.5, 0.6) is 11.5 Å². The van der Waals surface area contributed by atoms with Gasteiger partial charge in [-0.1, -0.05) is 18.2 Å². The molecule has 0 saturated carbocycles. The number of benzene rings is 3. The maximum atomic E-state index is 13.5. The number of amides is 1. The lowest BCUT2D eigenvalue weighted by Gasteiger charge is -2.30. The van der Waals surface area contributed by atoms with Gasteiger partial charge in [0.25, 0.3) is 0 Å². The Morgan fingerprint density at radius 2 is 1.17 bits per heavy atom. The lowest BCUT2D eigenvalue weighted by atomic mass is 9.94. The summed E-state index contributed by atoms with van der Waals surface area (Å²) in [5.41, 5.74) is 2.83. The van der Waals surface area contributed by atoms with Crippen molar-refractivity contribution in [2.45, 2.75) is 25.9 Å². The van der Waals surface area contributed by atoms with Crippen LogP contribution in [0.4, 0.5) is 0 Å². The zero-order valence-corrected chi connectivity index (χ0v) is 17.4. The largest absolute Gasteiger partial charge is 0.497 e. The topological polar surface area (TPSA) is 40.0 Å². The molecule has 0 aromatic heterocycles. The van der Waals surface area contributed by atoms with Gasteiger partial charge in [0.05, 0.1) is 25.8 Å². The van der Waals surface area contributed by atoms with Crippen molar-refractivity contribution < 1.29 is 19.2 Å². The van der Waals surface area contributed by atoms with Gasteiger partial charge in [0, 0.05) is 11.1 Å². The number of carbonyl (C=O) groups excluding carboxylic acids is 1. The minimum Gasteiger partial charge on any atom is -0.497 e.